The highest BCUT2D eigenvalue weighted by molar-refractivity contribution is 6.07. The molecule has 2 atom stereocenters. The van der Waals surface area contributed by atoms with Crippen LogP contribution in [0, 0.1) is 16.0 Å². The molecule has 1 amide bonds. The van der Waals surface area contributed by atoms with E-state index in [9.17, 15) is 20.0 Å². The van der Waals surface area contributed by atoms with Gasteiger partial charge in [-0.3, -0.25) is 19.6 Å². The molecule has 0 spiro atoms. The van der Waals surface area contributed by atoms with E-state index in [1.165, 1.54) is 22.6 Å². The number of anilines is 1. The van der Waals surface area contributed by atoms with Crippen molar-refractivity contribution in [2.45, 2.75) is 65.5 Å². The third-order valence-electron chi connectivity index (χ3n) is 6.74. The topological polar surface area (TPSA) is 135 Å². The second kappa shape index (κ2) is 12.7. The van der Waals surface area contributed by atoms with E-state index < -0.39 is 22.3 Å². The van der Waals surface area contributed by atoms with E-state index in [1.54, 1.807) is 29.9 Å². The van der Waals surface area contributed by atoms with Crippen LogP contribution in [0.5, 0.6) is 0 Å². The summed E-state index contributed by atoms with van der Waals surface area (Å²) in [6, 6.07) is 4.21. The van der Waals surface area contributed by atoms with Crippen molar-refractivity contribution in [1.82, 2.24) is 15.0 Å². The van der Waals surface area contributed by atoms with Crippen LogP contribution in [0.1, 0.15) is 58.2 Å². The van der Waals surface area contributed by atoms with Crippen LogP contribution in [0.25, 0.3) is 0 Å². The minimum absolute atomic E-state index is 0.00460. The Morgan fingerprint density at radius 1 is 1.24 bits per heavy atom. The molecule has 38 heavy (non-hydrogen) atoms. The third kappa shape index (κ3) is 6.62. The molecule has 10 heteroatoms. The molecule has 0 unspecified atom stereocenters. The Morgan fingerprint density at radius 2 is 2.00 bits per heavy atom. The smallest absolute Gasteiger partial charge is 0.269 e. The van der Waals surface area contributed by atoms with Gasteiger partial charge in [0, 0.05) is 55.9 Å². The highest BCUT2D eigenvalue weighted by Gasteiger charge is 2.52. The SMILES string of the molecule is CC(C)=CCC/C(C)=C/CN1C(=O)[C@](O)([C@H](C)/C=C/CCn2cc(CCO)nn2)c2cc([N+](=O)[O-])ccc21. The molecule has 0 saturated heterocycles. The van der Waals surface area contributed by atoms with Crippen LogP contribution in [0.4, 0.5) is 11.4 Å². The number of carbonyl (C=O) groups excluding carboxylic acids is 1. The maximum absolute atomic E-state index is 13.6. The third-order valence-corrected chi connectivity index (χ3v) is 6.74. The zero-order valence-electron chi connectivity index (χ0n) is 22.5. The Balaban J connectivity index is 1.79. The Labute approximate surface area is 223 Å². The first-order chi connectivity index (χ1) is 18.1. The summed E-state index contributed by atoms with van der Waals surface area (Å²) in [4.78, 5) is 26.1. The number of nitrogens with zero attached hydrogens (tertiary/aromatic N) is 5. The van der Waals surface area contributed by atoms with Gasteiger partial charge in [0.05, 0.1) is 16.3 Å². The molecule has 10 nitrogen and oxygen atoms in total. The lowest BCUT2D eigenvalue weighted by Crippen LogP contribution is -2.44. The minimum atomic E-state index is -1.93. The van der Waals surface area contributed by atoms with Gasteiger partial charge >= 0.3 is 0 Å². The van der Waals surface area contributed by atoms with Gasteiger partial charge in [0.2, 0.25) is 0 Å². The number of carbonyl (C=O) groups is 1. The summed E-state index contributed by atoms with van der Waals surface area (Å²) in [7, 11) is 0. The van der Waals surface area contributed by atoms with Crippen LogP contribution < -0.4 is 4.90 Å². The number of amides is 1. The molecule has 3 rings (SSSR count). The van der Waals surface area contributed by atoms with Gasteiger partial charge < -0.3 is 15.1 Å². The average molecular weight is 524 g/mol. The fourth-order valence-corrected chi connectivity index (χ4v) is 4.49. The number of hydrogen-bond donors (Lipinski definition) is 2. The van der Waals surface area contributed by atoms with E-state index >= 15 is 0 Å². The number of benzene rings is 1. The van der Waals surface area contributed by atoms with Gasteiger partial charge in [-0.15, -0.1) is 5.10 Å². The molecule has 0 saturated carbocycles. The van der Waals surface area contributed by atoms with Crippen molar-refractivity contribution in [3.63, 3.8) is 0 Å². The summed E-state index contributed by atoms with van der Waals surface area (Å²) >= 11 is 0. The largest absolute Gasteiger partial charge is 0.396 e. The Kier molecular flexibility index (Phi) is 9.71. The molecule has 1 aromatic heterocycles. The van der Waals surface area contributed by atoms with Gasteiger partial charge in [0.1, 0.15) is 0 Å². The van der Waals surface area contributed by atoms with Crippen LogP contribution >= 0.6 is 0 Å². The van der Waals surface area contributed by atoms with Crippen molar-refractivity contribution in [3.05, 3.63) is 81.2 Å². The quantitative estimate of drug-likeness (QED) is 0.228. The number of rotatable bonds is 13. The molecule has 204 valence electrons. The second-order valence-electron chi connectivity index (χ2n) is 9.96. The predicted molar refractivity (Wildman–Crippen MR) is 146 cm³/mol. The molecule has 2 N–H and O–H groups in total. The van der Waals surface area contributed by atoms with Crippen LogP contribution in [0.15, 0.2) is 59.8 Å². The number of aliphatic hydroxyl groups is 2. The normalized spacial score (nSPS) is 18.2. The van der Waals surface area contributed by atoms with Gasteiger partial charge in [-0.2, -0.15) is 0 Å². The lowest BCUT2D eigenvalue weighted by atomic mass is 9.82. The number of hydrogen-bond acceptors (Lipinski definition) is 7. The van der Waals surface area contributed by atoms with Crippen molar-refractivity contribution in [2.75, 3.05) is 18.1 Å². The maximum Gasteiger partial charge on any atom is 0.269 e. The molecule has 0 bridgehead atoms. The fraction of sp³-hybridized carbons (Fsp3) is 0.464. The first kappa shape index (κ1) is 28.9. The molecular formula is C28H37N5O5. The fourth-order valence-electron chi connectivity index (χ4n) is 4.49. The number of nitro benzene ring substituents is 1. The molecule has 2 aromatic rings. The summed E-state index contributed by atoms with van der Waals surface area (Å²) < 4.78 is 1.67. The van der Waals surface area contributed by atoms with Crippen LogP contribution in [0.2, 0.25) is 0 Å². The van der Waals surface area contributed by atoms with Gasteiger partial charge in [0.15, 0.2) is 5.60 Å². The summed E-state index contributed by atoms with van der Waals surface area (Å²) in [6.45, 7) is 8.66. The zero-order chi connectivity index (χ0) is 27.9. The van der Waals surface area contributed by atoms with Gasteiger partial charge in [0.25, 0.3) is 11.6 Å². The van der Waals surface area contributed by atoms with Crippen molar-refractivity contribution < 1.29 is 19.9 Å². The summed E-state index contributed by atoms with van der Waals surface area (Å²) in [5.74, 6) is -1.13. The number of aliphatic hydroxyl groups excluding tert-OH is 1. The summed E-state index contributed by atoms with van der Waals surface area (Å²) in [5, 5.41) is 40.3. The van der Waals surface area contributed by atoms with Crippen molar-refractivity contribution in [1.29, 1.82) is 0 Å². The minimum Gasteiger partial charge on any atom is -0.396 e. The standard InChI is InChI=1S/C28H37N5O5/c1-20(2)8-7-9-21(3)13-16-32-26-12-11-24(33(37)38)18-25(26)28(36,27(32)35)22(4)10-5-6-15-31-19-23(14-17-34)29-30-31/h5,8,10-13,18-19,22,34,36H,6-7,9,14-17H2,1-4H3/b10-5+,21-13+/t22-,28+/m1/s1. The Hall–Kier alpha value is -3.63. The zero-order valence-corrected chi connectivity index (χ0v) is 22.5. The van der Waals surface area contributed by atoms with E-state index in [2.05, 4.69) is 30.2 Å². The predicted octanol–water partition coefficient (Wildman–Crippen LogP) is 4.23. The molecular weight excluding hydrogens is 486 g/mol. The van der Waals surface area contributed by atoms with Gasteiger partial charge in [-0.25, -0.2) is 0 Å². The molecule has 0 radical (unpaired) electrons. The monoisotopic (exact) mass is 523 g/mol. The van der Waals surface area contributed by atoms with Crippen LogP contribution in [-0.2, 0) is 23.4 Å². The van der Waals surface area contributed by atoms with Crippen molar-refractivity contribution in [2.24, 2.45) is 5.92 Å². The maximum atomic E-state index is 13.6. The first-order valence-corrected chi connectivity index (χ1v) is 12.9. The summed E-state index contributed by atoms with van der Waals surface area (Å²) in [5.41, 5.74) is 1.70. The van der Waals surface area contributed by atoms with Gasteiger partial charge in [-0.05, 0) is 46.1 Å². The molecule has 2 heterocycles. The van der Waals surface area contributed by atoms with Crippen LogP contribution in [-0.4, -0.2) is 49.2 Å². The molecule has 1 aromatic carbocycles. The summed E-state index contributed by atoms with van der Waals surface area (Å²) in [6.07, 6.45) is 12.3. The highest BCUT2D eigenvalue weighted by Crippen LogP contribution is 2.46. The Morgan fingerprint density at radius 3 is 2.68 bits per heavy atom. The van der Waals surface area contributed by atoms with E-state index in [1.807, 2.05) is 19.1 Å². The van der Waals surface area contributed by atoms with Gasteiger partial charge in [-0.1, -0.05) is 47.6 Å². The number of allylic oxidation sites excluding steroid dienone is 4. The van der Waals surface area contributed by atoms with Crippen molar-refractivity contribution in [3.8, 4) is 0 Å². The molecule has 1 aliphatic rings. The number of aryl methyl sites for hydroxylation is 1. The molecule has 1 aliphatic heterocycles. The lowest BCUT2D eigenvalue weighted by Gasteiger charge is -2.27. The van der Waals surface area contributed by atoms with E-state index in [0.29, 0.717) is 30.8 Å². The lowest BCUT2D eigenvalue weighted by molar-refractivity contribution is -0.385. The first-order valence-electron chi connectivity index (χ1n) is 12.9. The highest BCUT2D eigenvalue weighted by atomic mass is 16.6. The number of nitro groups is 1. The van der Waals surface area contributed by atoms with Crippen molar-refractivity contribution >= 4 is 17.3 Å². The number of fused-ring (bicyclic) bond motifs is 1. The molecule has 0 aliphatic carbocycles. The van der Waals surface area contributed by atoms with E-state index in [0.717, 1.165) is 18.4 Å². The van der Waals surface area contributed by atoms with Crippen LogP contribution in [0.3, 0.4) is 0 Å². The van der Waals surface area contributed by atoms with E-state index in [-0.39, 0.29) is 24.4 Å². The number of aromatic nitrogens is 3. The second-order valence-corrected chi connectivity index (χ2v) is 9.96. The number of non-ortho nitro benzene ring substituents is 1. The van der Waals surface area contributed by atoms with E-state index in [4.69, 9.17) is 5.11 Å². The molecule has 0 fully saturated rings. The average Bonchev–Trinajstić information content (AvgIpc) is 3.41. The Bertz CT molecular complexity index is 1240.